The Hall–Kier alpha value is -1.78. The molecule has 1 aliphatic heterocycles. The Kier molecular flexibility index (Phi) is 6.45. The lowest BCUT2D eigenvalue weighted by atomic mass is 10.1. The minimum atomic E-state index is -0.427. The van der Waals surface area contributed by atoms with Crippen LogP contribution < -0.4 is 24.0 Å². The highest BCUT2D eigenvalue weighted by molar-refractivity contribution is 7.14. The molecule has 0 aliphatic carbocycles. The van der Waals surface area contributed by atoms with Crippen molar-refractivity contribution < 1.29 is 42.8 Å². The number of fused-ring (bicyclic) bond motifs is 1. The number of ether oxygens (including phenoxy) is 1. The fourth-order valence-corrected chi connectivity index (χ4v) is 4.48. The van der Waals surface area contributed by atoms with Crippen molar-refractivity contribution >= 4 is 34.0 Å². The summed E-state index contributed by atoms with van der Waals surface area (Å²) in [7, 11) is 4.37. The number of aromatic amines is 1. The number of nitrogens with one attached hydrogen (secondary N) is 1. The average molecular weight is 525 g/mol. The second kappa shape index (κ2) is 8.53. The first-order valence-corrected chi connectivity index (χ1v) is 10.3. The number of thiazole rings is 1. The molecule has 3 heterocycles. The van der Waals surface area contributed by atoms with Crippen LogP contribution in [0.25, 0.3) is 10.9 Å². The Morgan fingerprint density at radius 3 is 2.62 bits per heavy atom. The van der Waals surface area contributed by atoms with E-state index in [4.69, 9.17) is 4.74 Å². The number of halogens is 1. The van der Waals surface area contributed by atoms with Crippen molar-refractivity contribution in [2.75, 3.05) is 27.2 Å². The van der Waals surface area contributed by atoms with E-state index in [1.54, 1.807) is 13.1 Å². The van der Waals surface area contributed by atoms with Gasteiger partial charge in [-0.05, 0) is 13.0 Å². The number of hydrogen-bond donors (Lipinski definition) is 1. The number of nitrogens with zero attached hydrogens (tertiary/aromatic N) is 2. The van der Waals surface area contributed by atoms with Crippen LogP contribution in [0.1, 0.15) is 43.6 Å². The molecule has 6 nitrogen and oxygen atoms in total. The summed E-state index contributed by atoms with van der Waals surface area (Å²) in [5, 5.41) is 1.17. The van der Waals surface area contributed by atoms with E-state index in [1.807, 2.05) is 24.3 Å². The second-order valence-corrected chi connectivity index (χ2v) is 9.19. The number of esters is 1. The fourth-order valence-electron chi connectivity index (χ4n) is 3.63. The lowest BCUT2D eigenvalue weighted by Gasteiger charge is -2.36. The van der Waals surface area contributed by atoms with Gasteiger partial charge in [-0.3, -0.25) is 4.79 Å². The Balaban J connectivity index is 0.00000240. The van der Waals surface area contributed by atoms with Gasteiger partial charge in [-0.25, -0.2) is 9.78 Å². The van der Waals surface area contributed by atoms with E-state index < -0.39 is 5.97 Å². The molecule has 0 bridgehead atoms. The Morgan fingerprint density at radius 2 is 1.90 bits per heavy atom. The van der Waals surface area contributed by atoms with E-state index >= 15 is 0 Å². The first kappa shape index (κ1) is 21.9. The van der Waals surface area contributed by atoms with Gasteiger partial charge in [0, 0.05) is 34.8 Å². The minimum absolute atomic E-state index is 0. The summed E-state index contributed by atoms with van der Waals surface area (Å²) >= 11 is 1.24. The zero-order chi connectivity index (χ0) is 19.9. The number of H-pyrrole nitrogens is 1. The van der Waals surface area contributed by atoms with E-state index in [1.165, 1.54) is 11.3 Å². The maximum absolute atomic E-state index is 12.9. The van der Waals surface area contributed by atoms with Crippen molar-refractivity contribution in [2.24, 2.45) is 0 Å². The molecule has 0 unspecified atom stereocenters. The monoisotopic (exact) mass is 525 g/mol. The van der Waals surface area contributed by atoms with E-state index in [0.29, 0.717) is 15.4 Å². The maximum Gasteiger partial charge on any atom is 0.358 e. The topological polar surface area (TPSA) is 72.0 Å². The fraction of sp³-hybridized carbons (Fsp3) is 0.381. The van der Waals surface area contributed by atoms with Crippen LogP contribution in [-0.4, -0.2) is 59.5 Å². The third kappa shape index (κ3) is 4.54. The number of carbonyl (C=O) groups is 2. The van der Waals surface area contributed by atoms with Gasteiger partial charge in [0.05, 0.1) is 32.7 Å². The molecule has 154 valence electrons. The first-order valence-electron chi connectivity index (χ1n) is 9.45. The molecule has 0 amide bonds. The van der Waals surface area contributed by atoms with Crippen molar-refractivity contribution in [3.63, 3.8) is 0 Å². The largest absolute Gasteiger partial charge is 1.00 e. The maximum atomic E-state index is 12.9. The first-order chi connectivity index (χ1) is 13.3. The Bertz CT molecular complexity index is 1050. The van der Waals surface area contributed by atoms with Gasteiger partial charge in [-0.1, -0.05) is 18.2 Å². The van der Waals surface area contributed by atoms with E-state index in [2.05, 4.69) is 24.1 Å². The number of carbonyl (C=O) groups excluding carboxylic acids is 2. The van der Waals surface area contributed by atoms with Crippen LogP contribution in [0.4, 0.5) is 0 Å². The molecule has 1 N–H and O–H groups in total. The van der Waals surface area contributed by atoms with Crippen LogP contribution in [0.5, 0.6) is 0 Å². The van der Waals surface area contributed by atoms with Crippen LogP contribution in [0.15, 0.2) is 30.5 Å². The van der Waals surface area contributed by atoms with Gasteiger partial charge < -0.3 is 38.2 Å². The van der Waals surface area contributed by atoms with Gasteiger partial charge in [0.2, 0.25) is 5.78 Å². The van der Waals surface area contributed by atoms with Crippen molar-refractivity contribution in [3.05, 3.63) is 51.6 Å². The van der Waals surface area contributed by atoms with Crippen molar-refractivity contribution in [2.45, 2.75) is 25.9 Å². The molecule has 3 aromatic rings. The van der Waals surface area contributed by atoms with Crippen LogP contribution in [0.3, 0.4) is 0 Å². The number of benzene rings is 1. The molecule has 1 aliphatic rings. The number of aromatic nitrogens is 2. The van der Waals surface area contributed by atoms with Gasteiger partial charge in [-0.15, -0.1) is 11.3 Å². The highest BCUT2D eigenvalue weighted by Crippen LogP contribution is 2.26. The standard InChI is InChI=1S/C21H23N3O3S.HI/c1-13-18(21(26)27-14-8-10-24(2,3)11-9-14)23-20(28-13)19(25)16-12-22-17-7-5-4-6-15(16)17;/h4-7,12,14H,8-11H2,1-3H3;1H. The lowest BCUT2D eigenvalue weighted by molar-refractivity contribution is -0.896. The molecule has 4 rings (SSSR count). The van der Waals surface area contributed by atoms with E-state index in [-0.39, 0.29) is 41.6 Å². The molecule has 0 radical (unpaired) electrons. The Morgan fingerprint density at radius 1 is 1.21 bits per heavy atom. The number of aryl methyl sites for hydroxylation is 1. The molecular formula is C21H24IN3O3S. The van der Waals surface area contributed by atoms with E-state index in [0.717, 1.165) is 41.3 Å². The molecule has 1 fully saturated rings. The third-order valence-electron chi connectivity index (χ3n) is 5.40. The summed E-state index contributed by atoms with van der Waals surface area (Å²) in [6.45, 7) is 3.78. The predicted octanol–water partition coefficient (Wildman–Crippen LogP) is 0.563. The van der Waals surface area contributed by atoms with Gasteiger partial charge in [0.1, 0.15) is 6.10 Å². The highest BCUT2D eigenvalue weighted by Gasteiger charge is 2.30. The third-order valence-corrected chi connectivity index (χ3v) is 6.37. The number of rotatable bonds is 4. The summed E-state index contributed by atoms with van der Waals surface area (Å²) in [4.78, 5) is 33.7. The van der Waals surface area contributed by atoms with Crippen LogP contribution in [0.2, 0.25) is 0 Å². The SMILES string of the molecule is Cc1sc(C(=O)c2c[nH]c3ccccc23)nc1C(=O)OC1CC[N+](C)(C)CC1.[I-]. The number of piperidine rings is 1. The molecular weight excluding hydrogens is 501 g/mol. The van der Waals surface area contributed by atoms with Crippen molar-refractivity contribution in [1.82, 2.24) is 9.97 Å². The quantitative estimate of drug-likeness (QED) is 0.234. The summed E-state index contributed by atoms with van der Waals surface area (Å²) in [5.41, 5.74) is 1.72. The molecule has 29 heavy (non-hydrogen) atoms. The van der Waals surface area contributed by atoms with Gasteiger partial charge in [0.25, 0.3) is 0 Å². The van der Waals surface area contributed by atoms with Crippen LogP contribution in [0, 0.1) is 6.92 Å². The summed E-state index contributed by atoms with van der Waals surface area (Å²) in [6, 6.07) is 7.64. The molecule has 0 saturated carbocycles. The number of para-hydroxylation sites is 1. The molecule has 1 saturated heterocycles. The van der Waals surface area contributed by atoms with E-state index in [9.17, 15) is 9.59 Å². The minimum Gasteiger partial charge on any atom is -1.00 e. The van der Waals surface area contributed by atoms with Gasteiger partial charge in [0.15, 0.2) is 10.7 Å². The van der Waals surface area contributed by atoms with Crippen LogP contribution >= 0.6 is 11.3 Å². The predicted molar refractivity (Wildman–Crippen MR) is 109 cm³/mol. The smallest absolute Gasteiger partial charge is 0.358 e. The molecule has 2 aromatic heterocycles. The number of quaternary nitrogens is 1. The van der Waals surface area contributed by atoms with Gasteiger partial charge in [-0.2, -0.15) is 0 Å². The number of ketones is 1. The summed E-state index contributed by atoms with van der Waals surface area (Å²) < 4.78 is 6.63. The average Bonchev–Trinajstić information content (AvgIpc) is 3.26. The normalized spacial score (nSPS) is 16.4. The number of likely N-dealkylation sites (tertiary alicyclic amines) is 1. The van der Waals surface area contributed by atoms with Crippen molar-refractivity contribution in [1.29, 1.82) is 0 Å². The highest BCUT2D eigenvalue weighted by atomic mass is 127. The molecule has 8 heteroatoms. The molecule has 1 aromatic carbocycles. The van der Waals surface area contributed by atoms with Gasteiger partial charge >= 0.3 is 5.97 Å². The zero-order valence-corrected chi connectivity index (χ0v) is 19.7. The second-order valence-electron chi connectivity index (χ2n) is 7.99. The zero-order valence-electron chi connectivity index (χ0n) is 16.7. The molecule has 0 atom stereocenters. The summed E-state index contributed by atoms with van der Waals surface area (Å²) in [5.74, 6) is -0.606. The van der Waals surface area contributed by atoms with Crippen molar-refractivity contribution in [3.8, 4) is 0 Å². The Labute approximate surface area is 190 Å². The lowest BCUT2D eigenvalue weighted by Crippen LogP contribution is -3.00. The summed E-state index contributed by atoms with van der Waals surface area (Å²) in [6.07, 6.45) is 3.32. The molecule has 0 spiro atoms. The number of hydrogen-bond acceptors (Lipinski definition) is 5. The van der Waals surface area contributed by atoms with Crippen LogP contribution in [-0.2, 0) is 4.74 Å².